The van der Waals surface area contributed by atoms with Crippen molar-refractivity contribution in [2.45, 2.75) is 45.3 Å². The lowest BCUT2D eigenvalue weighted by Crippen LogP contribution is -2.27. The van der Waals surface area contributed by atoms with E-state index in [4.69, 9.17) is 10.5 Å². The lowest BCUT2D eigenvalue weighted by Gasteiger charge is -2.20. The van der Waals surface area contributed by atoms with Crippen molar-refractivity contribution in [1.82, 2.24) is 14.8 Å². The van der Waals surface area contributed by atoms with Crippen molar-refractivity contribution < 1.29 is 14.3 Å². The number of carbonyl (C=O) groups is 2. The Balaban J connectivity index is 2.21. The van der Waals surface area contributed by atoms with Gasteiger partial charge in [0.05, 0.1) is 12.4 Å². The second-order valence-electron chi connectivity index (χ2n) is 6.04. The third kappa shape index (κ3) is 5.22. The molecule has 27 heavy (non-hydrogen) atoms. The summed E-state index contributed by atoms with van der Waals surface area (Å²) in [6.45, 7) is 7.84. The Labute approximate surface area is 162 Å². The molecule has 9 heteroatoms. The highest BCUT2D eigenvalue weighted by molar-refractivity contribution is 7.99. The average Bonchev–Trinajstić information content (AvgIpc) is 2.98. The van der Waals surface area contributed by atoms with Gasteiger partial charge < -0.3 is 15.8 Å². The fraction of sp³-hybridized carbons (Fsp3) is 0.444. The van der Waals surface area contributed by atoms with Gasteiger partial charge in [0.25, 0.3) is 0 Å². The van der Waals surface area contributed by atoms with E-state index in [1.807, 2.05) is 39.0 Å². The molecule has 2 rings (SSSR count). The molecule has 146 valence electrons. The van der Waals surface area contributed by atoms with Crippen LogP contribution in [0.5, 0.6) is 0 Å². The largest absolute Gasteiger partial charge is 0.465 e. The highest BCUT2D eigenvalue weighted by atomic mass is 32.2. The van der Waals surface area contributed by atoms with Crippen LogP contribution in [0.25, 0.3) is 0 Å². The van der Waals surface area contributed by atoms with Gasteiger partial charge in [-0.1, -0.05) is 30.8 Å². The van der Waals surface area contributed by atoms with Crippen molar-refractivity contribution in [3.05, 3.63) is 29.3 Å². The number of aromatic nitrogens is 3. The normalized spacial score (nSPS) is 11.9. The summed E-state index contributed by atoms with van der Waals surface area (Å²) in [5, 5.41) is 11.2. The summed E-state index contributed by atoms with van der Waals surface area (Å²) in [6, 6.07) is 5.28. The summed E-state index contributed by atoms with van der Waals surface area (Å²) in [5.74, 6) is -0.371. The fourth-order valence-electron chi connectivity index (χ4n) is 2.58. The first kappa shape index (κ1) is 20.8. The number of nitrogens with zero attached hydrogens (tertiary/aromatic N) is 3. The zero-order chi connectivity index (χ0) is 20.0. The number of thioether (sulfide) groups is 1. The summed E-state index contributed by atoms with van der Waals surface area (Å²) in [6.07, 6.45) is 0.492. The third-order valence-corrected chi connectivity index (χ3v) is 4.88. The summed E-state index contributed by atoms with van der Waals surface area (Å²) in [4.78, 5) is 24.5. The van der Waals surface area contributed by atoms with Crippen molar-refractivity contribution in [3.8, 4) is 0 Å². The molecule has 1 unspecified atom stereocenters. The fourth-order valence-corrected chi connectivity index (χ4v) is 3.37. The predicted octanol–water partition coefficient (Wildman–Crippen LogP) is 2.72. The van der Waals surface area contributed by atoms with E-state index in [1.165, 1.54) is 0 Å². The van der Waals surface area contributed by atoms with Gasteiger partial charge in [0.2, 0.25) is 11.9 Å². The molecule has 0 saturated heterocycles. The Morgan fingerprint density at radius 2 is 2.04 bits per heavy atom. The van der Waals surface area contributed by atoms with Gasteiger partial charge in [-0.25, -0.2) is 0 Å². The van der Waals surface area contributed by atoms with Crippen LogP contribution in [0.15, 0.2) is 23.4 Å². The minimum Gasteiger partial charge on any atom is -0.465 e. The second kappa shape index (κ2) is 9.40. The topological polar surface area (TPSA) is 112 Å². The van der Waals surface area contributed by atoms with Gasteiger partial charge in [-0.2, -0.15) is 0 Å². The maximum Gasteiger partial charge on any atom is 0.316 e. The number of amides is 1. The standard InChI is InChI=1S/C18H25N5O3S/c1-5-14(16(25)20-13-9-11(3)7-8-12(13)4)23-17(19)21-22-18(23)27-10-15(24)26-6-2/h7-9,14H,5-6,10H2,1-4H3,(H2,19,21)(H,20,25). The molecule has 1 aromatic heterocycles. The van der Waals surface area contributed by atoms with Gasteiger partial charge in [-0.3, -0.25) is 14.2 Å². The molecule has 2 aromatic rings. The minimum absolute atomic E-state index is 0.0705. The summed E-state index contributed by atoms with van der Waals surface area (Å²) in [7, 11) is 0. The lowest BCUT2D eigenvalue weighted by atomic mass is 10.1. The van der Waals surface area contributed by atoms with Gasteiger partial charge >= 0.3 is 5.97 Å². The van der Waals surface area contributed by atoms with Crippen LogP contribution >= 0.6 is 11.8 Å². The van der Waals surface area contributed by atoms with Crippen molar-refractivity contribution in [1.29, 1.82) is 0 Å². The quantitative estimate of drug-likeness (QED) is 0.525. The Morgan fingerprint density at radius 3 is 2.70 bits per heavy atom. The zero-order valence-corrected chi connectivity index (χ0v) is 16.8. The molecule has 0 fully saturated rings. The first-order valence-corrected chi connectivity index (χ1v) is 9.72. The van der Waals surface area contributed by atoms with Crippen LogP contribution < -0.4 is 11.1 Å². The third-order valence-electron chi connectivity index (χ3n) is 3.97. The number of carbonyl (C=O) groups excluding carboxylic acids is 2. The number of benzene rings is 1. The molecule has 1 heterocycles. The van der Waals surface area contributed by atoms with Gasteiger partial charge in [-0.05, 0) is 44.4 Å². The Hall–Kier alpha value is -2.55. The smallest absolute Gasteiger partial charge is 0.316 e. The van der Waals surface area contributed by atoms with E-state index in [2.05, 4.69) is 15.5 Å². The van der Waals surface area contributed by atoms with E-state index >= 15 is 0 Å². The zero-order valence-electron chi connectivity index (χ0n) is 16.0. The monoisotopic (exact) mass is 391 g/mol. The van der Waals surface area contributed by atoms with Crippen LogP contribution in [0.1, 0.15) is 37.4 Å². The van der Waals surface area contributed by atoms with Gasteiger partial charge in [0.1, 0.15) is 6.04 Å². The average molecular weight is 391 g/mol. The van der Waals surface area contributed by atoms with E-state index in [9.17, 15) is 9.59 Å². The number of nitrogens with two attached hydrogens (primary N) is 1. The van der Waals surface area contributed by atoms with E-state index < -0.39 is 6.04 Å². The molecule has 0 spiro atoms. The van der Waals surface area contributed by atoms with Crippen LogP contribution in [0.2, 0.25) is 0 Å². The van der Waals surface area contributed by atoms with Crippen molar-refractivity contribution in [2.75, 3.05) is 23.4 Å². The molecule has 0 aliphatic carbocycles. The summed E-state index contributed by atoms with van der Waals surface area (Å²) in [5.41, 5.74) is 8.73. The van der Waals surface area contributed by atoms with Crippen LogP contribution in [0.4, 0.5) is 11.6 Å². The summed E-state index contributed by atoms with van der Waals surface area (Å²) < 4.78 is 6.48. The van der Waals surface area contributed by atoms with E-state index in [0.29, 0.717) is 18.2 Å². The number of hydrogen-bond donors (Lipinski definition) is 2. The molecular weight excluding hydrogens is 366 g/mol. The molecule has 1 atom stereocenters. The molecule has 1 amide bonds. The Kier molecular flexibility index (Phi) is 7.23. The summed E-state index contributed by atoms with van der Waals surface area (Å²) >= 11 is 1.14. The number of esters is 1. The van der Waals surface area contributed by atoms with Crippen LogP contribution in [0, 0.1) is 13.8 Å². The minimum atomic E-state index is -0.593. The molecule has 0 aliphatic rings. The van der Waals surface area contributed by atoms with Crippen LogP contribution in [-0.4, -0.2) is 39.0 Å². The first-order chi connectivity index (χ1) is 12.9. The molecule has 3 N–H and O–H groups in total. The van der Waals surface area contributed by atoms with Crippen molar-refractivity contribution in [2.24, 2.45) is 0 Å². The first-order valence-electron chi connectivity index (χ1n) is 8.74. The van der Waals surface area contributed by atoms with Gasteiger partial charge in [-0.15, -0.1) is 10.2 Å². The van der Waals surface area contributed by atoms with E-state index in [-0.39, 0.29) is 23.6 Å². The SMILES string of the molecule is CCOC(=O)CSc1nnc(N)n1C(CC)C(=O)Nc1cc(C)ccc1C. The second-order valence-corrected chi connectivity index (χ2v) is 6.98. The number of hydrogen-bond acceptors (Lipinski definition) is 7. The molecule has 0 bridgehead atoms. The molecular formula is C18H25N5O3S. The molecule has 1 aromatic carbocycles. The Bertz CT molecular complexity index is 821. The predicted molar refractivity (Wildman–Crippen MR) is 106 cm³/mol. The maximum atomic E-state index is 12.9. The highest BCUT2D eigenvalue weighted by Gasteiger charge is 2.25. The van der Waals surface area contributed by atoms with Gasteiger partial charge in [0, 0.05) is 5.69 Å². The van der Waals surface area contributed by atoms with Crippen LogP contribution in [0.3, 0.4) is 0 Å². The number of anilines is 2. The number of nitrogen functional groups attached to an aromatic ring is 1. The molecule has 0 radical (unpaired) electrons. The number of aryl methyl sites for hydroxylation is 2. The number of rotatable bonds is 8. The molecule has 0 aliphatic heterocycles. The Morgan fingerprint density at radius 1 is 1.30 bits per heavy atom. The number of ether oxygens (including phenoxy) is 1. The van der Waals surface area contributed by atoms with Crippen LogP contribution in [-0.2, 0) is 14.3 Å². The van der Waals surface area contributed by atoms with E-state index in [0.717, 1.165) is 28.6 Å². The molecule has 8 nitrogen and oxygen atoms in total. The van der Waals surface area contributed by atoms with Crippen molar-refractivity contribution >= 4 is 35.3 Å². The molecule has 0 saturated carbocycles. The van der Waals surface area contributed by atoms with E-state index in [1.54, 1.807) is 11.5 Å². The maximum absolute atomic E-state index is 12.9. The van der Waals surface area contributed by atoms with Crippen molar-refractivity contribution in [3.63, 3.8) is 0 Å². The van der Waals surface area contributed by atoms with Gasteiger partial charge in [0.15, 0.2) is 5.16 Å². The lowest BCUT2D eigenvalue weighted by molar-refractivity contribution is -0.139. The highest BCUT2D eigenvalue weighted by Crippen LogP contribution is 2.27. The number of nitrogens with one attached hydrogen (secondary N) is 1.